The molecule has 0 radical (unpaired) electrons. The zero-order valence-electron chi connectivity index (χ0n) is 9.74. The van der Waals surface area contributed by atoms with E-state index in [9.17, 15) is 10.1 Å². The molecule has 0 bridgehead atoms. The topological polar surface area (TPSA) is 85.3 Å². The van der Waals surface area contributed by atoms with E-state index in [-0.39, 0.29) is 11.7 Å². The van der Waals surface area contributed by atoms with Crippen LogP contribution in [-0.4, -0.2) is 29.0 Å². The molecule has 0 aromatic carbocycles. The van der Waals surface area contributed by atoms with E-state index in [4.69, 9.17) is 5.73 Å². The lowest BCUT2D eigenvalue weighted by Gasteiger charge is -2.18. The van der Waals surface area contributed by atoms with E-state index >= 15 is 0 Å². The predicted molar refractivity (Wildman–Crippen MR) is 64.9 cm³/mol. The molecule has 0 aliphatic carbocycles. The summed E-state index contributed by atoms with van der Waals surface area (Å²) in [6.07, 6.45) is 2.35. The van der Waals surface area contributed by atoms with Crippen LogP contribution >= 0.6 is 0 Å². The number of aromatic nitrogens is 1. The molecule has 6 nitrogen and oxygen atoms in total. The SMILES string of the molecule is CC(N)C1CCN(c2ccc([N+](=O)[O-])cn2)C1. The molecule has 0 saturated carbocycles. The Kier molecular flexibility index (Phi) is 3.23. The third-order valence-electron chi connectivity index (χ3n) is 3.24. The van der Waals surface area contributed by atoms with Gasteiger partial charge >= 0.3 is 0 Å². The van der Waals surface area contributed by atoms with Crippen molar-refractivity contribution in [2.75, 3.05) is 18.0 Å². The summed E-state index contributed by atoms with van der Waals surface area (Å²) in [5.41, 5.74) is 5.89. The lowest BCUT2D eigenvalue weighted by molar-refractivity contribution is -0.385. The molecular weight excluding hydrogens is 220 g/mol. The lowest BCUT2D eigenvalue weighted by atomic mass is 10.0. The van der Waals surface area contributed by atoms with E-state index in [0.717, 1.165) is 25.3 Å². The maximum Gasteiger partial charge on any atom is 0.287 e. The molecule has 2 heterocycles. The molecule has 2 unspecified atom stereocenters. The Morgan fingerprint density at radius 3 is 2.88 bits per heavy atom. The first kappa shape index (κ1) is 11.8. The molecule has 92 valence electrons. The standard InChI is InChI=1S/C11H16N4O2/c1-8(12)9-4-5-14(7-9)11-3-2-10(6-13-11)15(16)17/h2-3,6,8-9H,4-5,7,12H2,1H3. The van der Waals surface area contributed by atoms with E-state index in [1.54, 1.807) is 6.07 Å². The fraction of sp³-hybridized carbons (Fsp3) is 0.545. The molecule has 1 saturated heterocycles. The number of rotatable bonds is 3. The van der Waals surface area contributed by atoms with Gasteiger partial charge in [-0.15, -0.1) is 0 Å². The summed E-state index contributed by atoms with van der Waals surface area (Å²) in [6.45, 7) is 3.80. The smallest absolute Gasteiger partial charge is 0.287 e. The van der Waals surface area contributed by atoms with Crippen molar-refractivity contribution in [1.82, 2.24) is 4.98 Å². The third-order valence-corrected chi connectivity index (χ3v) is 3.24. The van der Waals surface area contributed by atoms with Crippen molar-refractivity contribution in [2.45, 2.75) is 19.4 Å². The molecule has 17 heavy (non-hydrogen) atoms. The molecule has 6 heteroatoms. The van der Waals surface area contributed by atoms with Gasteiger partial charge in [0.05, 0.1) is 4.92 Å². The highest BCUT2D eigenvalue weighted by Crippen LogP contribution is 2.24. The number of anilines is 1. The van der Waals surface area contributed by atoms with Gasteiger partial charge in [0.2, 0.25) is 0 Å². The molecule has 0 amide bonds. The number of hydrogen-bond donors (Lipinski definition) is 1. The van der Waals surface area contributed by atoms with Crippen LogP contribution in [0, 0.1) is 16.0 Å². The Morgan fingerprint density at radius 2 is 2.41 bits per heavy atom. The molecule has 1 aromatic heterocycles. The zero-order valence-corrected chi connectivity index (χ0v) is 9.74. The molecule has 0 spiro atoms. The normalized spacial score (nSPS) is 21.5. The Balaban J connectivity index is 2.06. The van der Waals surface area contributed by atoms with Crippen molar-refractivity contribution >= 4 is 11.5 Å². The maximum absolute atomic E-state index is 10.5. The third kappa shape index (κ3) is 2.52. The molecule has 2 atom stereocenters. The Labute approximate surface area is 99.6 Å². The number of pyridine rings is 1. The fourth-order valence-electron chi connectivity index (χ4n) is 2.10. The second-order valence-corrected chi connectivity index (χ2v) is 4.49. The highest BCUT2D eigenvalue weighted by molar-refractivity contribution is 5.43. The van der Waals surface area contributed by atoms with Crippen molar-refractivity contribution < 1.29 is 4.92 Å². The molecule has 2 N–H and O–H groups in total. The van der Waals surface area contributed by atoms with Crippen LogP contribution in [0.25, 0.3) is 0 Å². The van der Waals surface area contributed by atoms with E-state index in [2.05, 4.69) is 9.88 Å². The van der Waals surface area contributed by atoms with Crippen LogP contribution in [0.5, 0.6) is 0 Å². The van der Waals surface area contributed by atoms with Gasteiger partial charge in [-0.3, -0.25) is 10.1 Å². The minimum atomic E-state index is -0.439. The highest BCUT2D eigenvalue weighted by atomic mass is 16.6. The van der Waals surface area contributed by atoms with E-state index in [1.807, 2.05) is 6.92 Å². The first-order valence-corrected chi connectivity index (χ1v) is 5.69. The van der Waals surface area contributed by atoms with Gasteiger partial charge in [0.1, 0.15) is 12.0 Å². The van der Waals surface area contributed by atoms with Crippen LogP contribution in [0.3, 0.4) is 0 Å². The average Bonchev–Trinajstić information content (AvgIpc) is 2.78. The summed E-state index contributed by atoms with van der Waals surface area (Å²) in [6, 6.07) is 3.36. The van der Waals surface area contributed by atoms with Gasteiger partial charge in [0, 0.05) is 25.2 Å². The summed E-state index contributed by atoms with van der Waals surface area (Å²) in [4.78, 5) is 16.3. The first-order valence-electron chi connectivity index (χ1n) is 5.69. The highest BCUT2D eigenvalue weighted by Gasteiger charge is 2.26. The predicted octanol–water partition coefficient (Wildman–Crippen LogP) is 1.16. The number of hydrogen-bond acceptors (Lipinski definition) is 5. The fourth-order valence-corrected chi connectivity index (χ4v) is 2.10. The molecular formula is C11H16N4O2. The van der Waals surface area contributed by atoms with Gasteiger partial charge in [-0.25, -0.2) is 4.98 Å². The van der Waals surface area contributed by atoms with Crippen LogP contribution in [0.4, 0.5) is 11.5 Å². The van der Waals surface area contributed by atoms with E-state index in [1.165, 1.54) is 12.3 Å². The second-order valence-electron chi connectivity index (χ2n) is 4.49. The summed E-state index contributed by atoms with van der Waals surface area (Å²) in [7, 11) is 0. The van der Waals surface area contributed by atoms with E-state index < -0.39 is 4.92 Å². The van der Waals surface area contributed by atoms with Crippen molar-refractivity contribution in [2.24, 2.45) is 11.7 Å². The van der Waals surface area contributed by atoms with Gasteiger partial charge in [-0.1, -0.05) is 0 Å². The van der Waals surface area contributed by atoms with Crippen LogP contribution in [0.2, 0.25) is 0 Å². The van der Waals surface area contributed by atoms with Crippen molar-refractivity contribution in [1.29, 1.82) is 0 Å². The van der Waals surface area contributed by atoms with Gasteiger partial charge in [0.15, 0.2) is 0 Å². The Morgan fingerprint density at radius 1 is 1.65 bits per heavy atom. The quantitative estimate of drug-likeness (QED) is 0.628. The Hall–Kier alpha value is -1.69. The van der Waals surface area contributed by atoms with Crippen molar-refractivity contribution in [3.63, 3.8) is 0 Å². The van der Waals surface area contributed by atoms with Gasteiger partial charge in [-0.05, 0) is 25.3 Å². The number of nitro groups is 1. The lowest BCUT2D eigenvalue weighted by Crippen LogP contribution is -2.29. The molecule has 2 rings (SSSR count). The molecule has 1 aromatic rings. The minimum Gasteiger partial charge on any atom is -0.356 e. The van der Waals surface area contributed by atoms with Crippen LogP contribution in [0.1, 0.15) is 13.3 Å². The summed E-state index contributed by atoms with van der Waals surface area (Å²) >= 11 is 0. The van der Waals surface area contributed by atoms with Gasteiger partial charge < -0.3 is 10.6 Å². The maximum atomic E-state index is 10.5. The zero-order chi connectivity index (χ0) is 12.4. The van der Waals surface area contributed by atoms with Crippen LogP contribution < -0.4 is 10.6 Å². The Bertz CT molecular complexity index is 404. The summed E-state index contributed by atoms with van der Waals surface area (Å²) < 4.78 is 0. The second kappa shape index (κ2) is 4.67. The molecule has 1 aliphatic rings. The largest absolute Gasteiger partial charge is 0.356 e. The van der Waals surface area contributed by atoms with Gasteiger partial charge in [-0.2, -0.15) is 0 Å². The average molecular weight is 236 g/mol. The van der Waals surface area contributed by atoms with Crippen LogP contribution in [-0.2, 0) is 0 Å². The number of nitrogens with zero attached hydrogens (tertiary/aromatic N) is 3. The molecule has 1 fully saturated rings. The monoisotopic (exact) mass is 236 g/mol. The van der Waals surface area contributed by atoms with Crippen LogP contribution in [0.15, 0.2) is 18.3 Å². The van der Waals surface area contributed by atoms with E-state index in [0.29, 0.717) is 5.92 Å². The summed E-state index contributed by atoms with van der Waals surface area (Å²) in [5, 5.41) is 10.5. The number of nitrogens with two attached hydrogens (primary N) is 1. The van der Waals surface area contributed by atoms with Gasteiger partial charge in [0.25, 0.3) is 5.69 Å². The first-order chi connectivity index (χ1) is 8.08. The minimum absolute atomic E-state index is 0.0247. The molecule has 1 aliphatic heterocycles. The van der Waals surface area contributed by atoms with Crippen molar-refractivity contribution in [3.05, 3.63) is 28.4 Å². The summed E-state index contributed by atoms with van der Waals surface area (Å²) in [5.74, 6) is 1.27. The van der Waals surface area contributed by atoms with Crippen molar-refractivity contribution in [3.8, 4) is 0 Å².